The highest BCUT2D eigenvalue weighted by Gasteiger charge is 2.26. The van der Waals surface area contributed by atoms with E-state index in [1.54, 1.807) is 0 Å². The third kappa shape index (κ3) is 4.32. The van der Waals surface area contributed by atoms with Crippen LogP contribution in [0.5, 0.6) is 5.75 Å². The summed E-state index contributed by atoms with van der Waals surface area (Å²) < 4.78 is 34.2. The van der Waals surface area contributed by atoms with Crippen LogP contribution >= 0.6 is 0 Å². The van der Waals surface area contributed by atoms with Gasteiger partial charge in [-0.1, -0.05) is 44.5 Å². The van der Waals surface area contributed by atoms with Crippen molar-refractivity contribution in [1.82, 2.24) is 0 Å². The second-order valence-electron chi connectivity index (χ2n) is 7.20. The van der Waals surface area contributed by atoms with E-state index in [1.165, 1.54) is 23.8 Å². The predicted molar refractivity (Wildman–Crippen MR) is 108 cm³/mol. The summed E-state index contributed by atoms with van der Waals surface area (Å²) in [5.41, 5.74) is 2.89. The number of unbranched alkanes of at least 4 members (excludes halogenated alkanes) is 1. The van der Waals surface area contributed by atoms with Crippen LogP contribution < -0.4 is 4.74 Å². The maximum Gasteiger partial charge on any atom is 0.201 e. The molecule has 0 heterocycles. The monoisotopic (exact) mass is 384 g/mol. The number of aryl methyl sites for hydroxylation is 1. The summed E-state index contributed by atoms with van der Waals surface area (Å²) in [4.78, 5) is 12.7. The number of halogens is 2. The van der Waals surface area contributed by atoms with Gasteiger partial charge in [0.05, 0.1) is 6.61 Å². The second-order valence-corrected chi connectivity index (χ2v) is 7.20. The quantitative estimate of drug-likeness (QED) is 0.529. The van der Waals surface area contributed by atoms with Crippen LogP contribution in [0.15, 0.2) is 42.5 Å². The van der Waals surface area contributed by atoms with E-state index < -0.39 is 11.6 Å². The Morgan fingerprint density at radius 3 is 2.43 bits per heavy atom. The van der Waals surface area contributed by atoms with E-state index >= 15 is 0 Å². The van der Waals surface area contributed by atoms with Gasteiger partial charge in [0.1, 0.15) is 0 Å². The minimum Gasteiger partial charge on any atom is -0.490 e. The molecule has 0 N–H and O–H groups in total. The molecule has 1 aliphatic carbocycles. The number of carbonyl (C=O) groups is 1. The molecule has 28 heavy (non-hydrogen) atoms. The highest BCUT2D eigenvalue weighted by Crippen LogP contribution is 2.36. The molecule has 4 heteroatoms. The van der Waals surface area contributed by atoms with Gasteiger partial charge in [-0.3, -0.25) is 4.79 Å². The largest absolute Gasteiger partial charge is 0.490 e. The number of carbonyl (C=O) groups excluding carboxylic acids is 1. The molecule has 0 aliphatic heterocycles. The zero-order chi connectivity index (χ0) is 20.1. The first kappa shape index (κ1) is 20.2. The van der Waals surface area contributed by atoms with Gasteiger partial charge in [0.2, 0.25) is 5.82 Å². The molecule has 0 fully saturated rings. The fraction of sp³-hybridized carbons (Fsp3) is 0.375. The number of allylic oxidation sites excluding steroid dienone is 2. The van der Waals surface area contributed by atoms with Crippen LogP contribution in [0.4, 0.5) is 8.78 Å². The summed E-state index contributed by atoms with van der Waals surface area (Å²) in [6.45, 7) is 4.44. The number of ketones is 1. The Morgan fingerprint density at radius 1 is 1.04 bits per heavy atom. The Hall–Kier alpha value is -2.49. The zero-order valence-electron chi connectivity index (χ0n) is 16.4. The normalized spacial score (nSPS) is 16.8. The number of hydrogen-bond acceptors (Lipinski definition) is 2. The van der Waals surface area contributed by atoms with Crippen molar-refractivity contribution in [2.24, 2.45) is 0 Å². The van der Waals surface area contributed by atoms with Crippen LogP contribution in [0.1, 0.15) is 62.1 Å². The van der Waals surface area contributed by atoms with E-state index in [1.807, 2.05) is 31.2 Å². The predicted octanol–water partition coefficient (Wildman–Crippen LogP) is 6.24. The lowest BCUT2D eigenvalue weighted by atomic mass is 9.81. The van der Waals surface area contributed by atoms with Gasteiger partial charge in [-0.25, -0.2) is 4.39 Å². The van der Waals surface area contributed by atoms with Gasteiger partial charge in [-0.15, -0.1) is 0 Å². The summed E-state index contributed by atoms with van der Waals surface area (Å²) in [6, 6.07) is 11.0. The fourth-order valence-corrected chi connectivity index (χ4v) is 3.53. The summed E-state index contributed by atoms with van der Waals surface area (Å²) >= 11 is 0. The molecule has 1 atom stereocenters. The van der Waals surface area contributed by atoms with Crippen LogP contribution in [-0.2, 0) is 11.2 Å². The van der Waals surface area contributed by atoms with Gasteiger partial charge in [-0.05, 0) is 60.6 Å². The molecule has 0 saturated heterocycles. The van der Waals surface area contributed by atoms with Gasteiger partial charge in [0, 0.05) is 11.5 Å². The van der Waals surface area contributed by atoms with E-state index in [4.69, 9.17) is 4.74 Å². The van der Waals surface area contributed by atoms with Gasteiger partial charge < -0.3 is 4.74 Å². The highest BCUT2D eigenvalue weighted by molar-refractivity contribution is 6.02. The van der Waals surface area contributed by atoms with Crippen LogP contribution in [0.2, 0.25) is 0 Å². The number of benzene rings is 2. The van der Waals surface area contributed by atoms with Gasteiger partial charge in [0.25, 0.3) is 0 Å². The molecule has 3 rings (SSSR count). The summed E-state index contributed by atoms with van der Waals surface area (Å²) in [6.07, 6.45) is 5.23. The Balaban J connectivity index is 1.79. The number of rotatable bonds is 7. The molecule has 0 amide bonds. The van der Waals surface area contributed by atoms with Crippen molar-refractivity contribution in [2.75, 3.05) is 6.61 Å². The summed E-state index contributed by atoms with van der Waals surface area (Å²) in [5.74, 6) is -2.29. The fourth-order valence-electron chi connectivity index (χ4n) is 3.53. The first-order valence-electron chi connectivity index (χ1n) is 9.99. The maximum absolute atomic E-state index is 14.6. The van der Waals surface area contributed by atoms with Gasteiger partial charge in [0.15, 0.2) is 17.3 Å². The topological polar surface area (TPSA) is 26.3 Å². The van der Waals surface area contributed by atoms with E-state index in [9.17, 15) is 13.6 Å². The standard InChI is InChI=1S/C24H26F2O2/c1-3-5-14-28-22-13-12-20(23(25)24(22)26)18-10-11-19(21(27)15-18)17-8-6-16(4-2)7-9-17/h6-9,12-13,15,19H,3-5,10-11,14H2,1-2H3. The molecule has 1 aliphatic rings. The SMILES string of the molecule is CCCCOc1ccc(C2=CC(=O)C(c3ccc(CC)cc3)CC2)c(F)c1F. The molecule has 2 aromatic carbocycles. The summed E-state index contributed by atoms with van der Waals surface area (Å²) in [5, 5.41) is 0. The lowest BCUT2D eigenvalue weighted by molar-refractivity contribution is -0.116. The molecule has 0 saturated carbocycles. The third-order valence-electron chi connectivity index (χ3n) is 5.30. The van der Waals surface area contributed by atoms with Crippen molar-refractivity contribution < 1.29 is 18.3 Å². The Kier molecular flexibility index (Phi) is 6.61. The van der Waals surface area contributed by atoms with Crippen molar-refractivity contribution in [3.05, 3.63) is 70.8 Å². The first-order valence-corrected chi connectivity index (χ1v) is 9.99. The molecular weight excluding hydrogens is 358 g/mol. The van der Waals surface area contributed by atoms with Crippen molar-refractivity contribution in [1.29, 1.82) is 0 Å². The maximum atomic E-state index is 14.6. The van der Waals surface area contributed by atoms with Crippen LogP contribution in [0.3, 0.4) is 0 Å². The van der Waals surface area contributed by atoms with E-state index in [0.29, 0.717) is 25.0 Å². The molecule has 1 unspecified atom stereocenters. The van der Waals surface area contributed by atoms with Crippen molar-refractivity contribution in [3.63, 3.8) is 0 Å². The van der Waals surface area contributed by atoms with Crippen molar-refractivity contribution in [3.8, 4) is 5.75 Å². The Morgan fingerprint density at radius 2 is 1.79 bits per heavy atom. The van der Waals surface area contributed by atoms with E-state index in [0.717, 1.165) is 24.8 Å². The van der Waals surface area contributed by atoms with Crippen LogP contribution in [0.25, 0.3) is 5.57 Å². The first-order chi connectivity index (χ1) is 13.5. The molecule has 0 spiro atoms. The van der Waals surface area contributed by atoms with Crippen LogP contribution in [-0.4, -0.2) is 12.4 Å². The highest BCUT2D eigenvalue weighted by atomic mass is 19.2. The lowest BCUT2D eigenvalue weighted by Crippen LogP contribution is -2.16. The minimum atomic E-state index is -0.987. The molecule has 148 valence electrons. The Labute approximate surface area is 165 Å². The lowest BCUT2D eigenvalue weighted by Gasteiger charge is -2.22. The van der Waals surface area contributed by atoms with E-state index in [2.05, 4.69) is 6.92 Å². The molecular formula is C24H26F2O2. The van der Waals surface area contributed by atoms with Crippen LogP contribution in [0, 0.1) is 11.6 Å². The van der Waals surface area contributed by atoms with Crippen molar-refractivity contribution in [2.45, 2.75) is 51.9 Å². The minimum absolute atomic E-state index is 0.0615. The molecule has 0 radical (unpaired) electrons. The molecule has 2 nitrogen and oxygen atoms in total. The van der Waals surface area contributed by atoms with Gasteiger partial charge in [-0.2, -0.15) is 4.39 Å². The third-order valence-corrected chi connectivity index (χ3v) is 5.30. The zero-order valence-corrected chi connectivity index (χ0v) is 16.4. The van der Waals surface area contributed by atoms with Gasteiger partial charge >= 0.3 is 0 Å². The molecule has 0 aromatic heterocycles. The van der Waals surface area contributed by atoms with E-state index in [-0.39, 0.29) is 23.0 Å². The van der Waals surface area contributed by atoms with Crippen molar-refractivity contribution >= 4 is 11.4 Å². The Bertz CT molecular complexity index is 869. The molecule has 0 bridgehead atoms. The smallest absolute Gasteiger partial charge is 0.201 e. The average Bonchev–Trinajstić information content (AvgIpc) is 2.71. The average molecular weight is 384 g/mol. The number of hydrogen-bond donors (Lipinski definition) is 0. The second kappa shape index (κ2) is 9.13. The summed E-state index contributed by atoms with van der Waals surface area (Å²) in [7, 11) is 0. The number of ether oxygens (including phenoxy) is 1. The molecule has 2 aromatic rings.